The van der Waals surface area contributed by atoms with Crippen LogP contribution in [0.1, 0.15) is 33.6 Å². The van der Waals surface area contributed by atoms with Crippen molar-refractivity contribution in [1.82, 2.24) is 18.7 Å². The largest absolute Gasteiger partial charge is 0.494 e. The van der Waals surface area contributed by atoms with Gasteiger partial charge >= 0.3 is 5.69 Å². The Morgan fingerprint density at radius 1 is 1.10 bits per heavy atom. The zero-order valence-corrected chi connectivity index (χ0v) is 18.1. The highest BCUT2D eigenvalue weighted by atomic mass is 16.5. The minimum absolute atomic E-state index is 0.194. The first kappa shape index (κ1) is 20.3. The zero-order chi connectivity index (χ0) is 21.4. The lowest BCUT2D eigenvalue weighted by Crippen LogP contribution is -2.40. The van der Waals surface area contributed by atoms with Gasteiger partial charge in [0.15, 0.2) is 11.2 Å². The molecule has 3 aromatic rings. The Morgan fingerprint density at radius 3 is 2.47 bits per heavy atom. The molecule has 0 aliphatic carbocycles. The molecular formula is C22H29N5O3. The van der Waals surface area contributed by atoms with E-state index in [4.69, 9.17) is 9.72 Å². The summed E-state index contributed by atoms with van der Waals surface area (Å²) in [7, 11) is 1.69. The van der Waals surface area contributed by atoms with E-state index in [-0.39, 0.29) is 17.2 Å². The first-order valence-corrected chi connectivity index (χ1v) is 10.6. The van der Waals surface area contributed by atoms with Crippen molar-refractivity contribution in [2.75, 3.05) is 18.1 Å². The lowest BCUT2D eigenvalue weighted by Gasteiger charge is -2.22. The standard InChI is InChI=1S/C22H29N5O3/c1-5-30-17-10-8-16(9-11-17)25-12-6-7-13-26-18-19(23-21(25)26)24(4)22(29)27(20(18)28)14-15(2)3/h8-11,15H,5-7,12-14H2,1-4H3. The first-order valence-electron chi connectivity index (χ1n) is 10.6. The Bertz CT molecular complexity index is 1170. The van der Waals surface area contributed by atoms with E-state index in [2.05, 4.69) is 4.90 Å². The summed E-state index contributed by atoms with van der Waals surface area (Å²) < 4.78 is 10.4. The number of rotatable bonds is 5. The van der Waals surface area contributed by atoms with Crippen molar-refractivity contribution < 1.29 is 4.74 Å². The summed E-state index contributed by atoms with van der Waals surface area (Å²) in [5.74, 6) is 1.73. The number of anilines is 2. The van der Waals surface area contributed by atoms with Crippen molar-refractivity contribution in [2.45, 2.75) is 46.7 Å². The molecule has 30 heavy (non-hydrogen) atoms. The van der Waals surface area contributed by atoms with E-state index in [0.717, 1.165) is 30.8 Å². The Hall–Kier alpha value is -3.03. The number of fused-ring (bicyclic) bond motifs is 3. The van der Waals surface area contributed by atoms with Crippen molar-refractivity contribution in [3.05, 3.63) is 45.1 Å². The molecule has 0 atom stereocenters. The van der Waals surface area contributed by atoms with E-state index < -0.39 is 0 Å². The van der Waals surface area contributed by atoms with Gasteiger partial charge in [-0.1, -0.05) is 13.8 Å². The molecule has 8 heteroatoms. The third kappa shape index (κ3) is 3.40. The number of nitrogens with zero attached hydrogens (tertiary/aromatic N) is 5. The highest BCUT2D eigenvalue weighted by Gasteiger charge is 2.26. The molecule has 2 aromatic heterocycles. The quantitative estimate of drug-likeness (QED) is 0.645. The van der Waals surface area contributed by atoms with Gasteiger partial charge in [0.05, 0.1) is 6.61 Å². The van der Waals surface area contributed by atoms with Crippen LogP contribution in [-0.4, -0.2) is 31.8 Å². The van der Waals surface area contributed by atoms with Gasteiger partial charge in [-0.3, -0.25) is 13.9 Å². The summed E-state index contributed by atoms with van der Waals surface area (Å²) in [4.78, 5) is 33.0. The molecule has 0 spiro atoms. The number of benzene rings is 1. The van der Waals surface area contributed by atoms with Gasteiger partial charge in [0.2, 0.25) is 5.95 Å². The molecule has 8 nitrogen and oxygen atoms in total. The van der Waals surface area contributed by atoms with Crippen LogP contribution in [0.3, 0.4) is 0 Å². The molecule has 0 fully saturated rings. The van der Waals surface area contributed by atoms with E-state index in [1.807, 2.05) is 49.6 Å². The Balaban J connectivity index is 1.90. The number of aromatic nitrogens is 4. The number of imidazole rings is 1. The highest BCUT2D eigenvalue weighted by Crippen LogP contribution is 2.31. The van der Waals surface area contributed by atoms with E-state index in [0.29, 0.717) is 36.8 Å². The molecule has 0 unspecified atom stereocenters. The van der Waals surface area contributed by atoms with Crippen LogP contribution in [0, 0.1) is 5.92 Å². The molecule has 0 saturated carbocycles. The van der Waals surface area contributed by atoms with Crippen LogP contribution in [-0.2, 0) is 20.1 Å². The van der Waals surface area contributed by atoms with Gasteiger partial charge in [-0.25, -0.2) is 4.79 Å². The van der Waals surface area contributed by atoms with Crippen molar-refractivity contribution in [3.63, 3.8) is 0 Å². The van der Waals surface area contributed by atoms with Gasteiger partial charge in [0.1, 0.15) is 5.75 Å². The van der Waals surface area contributed by atoms with Crippen molar-refractivity contribution in [1.29, 1.82) is 0 Å². The maximum absolute atomic E-state index is 13.3. The van der Waals surface area contributed by atoms with Gasteiger partial charge in [-0.05, 0) is 49.9 Å². The first-order chi connectivity index (χ1) is 14.4. The van der Waals surface area contributed by atoms with Crippen LogP contribution in [0.4, 0.5) is 11.6 Å². The van der Waals surface area contributed by atoms with Crippen LogP contribution in [0.2, 0.25) is 0 Å². The van der Waals surface area contributed by atoms with E-state index >= 15 is 0 Å². The van der Waals surface area contributed by atoms with E-state index in [1.165, 1.54) is 9.13 Å². The number of hydrogen-bond acceptors (Lipinski definition) is 5. The fourth-order valence-corrected chi connectivity index (χ4v) is 4.08. The van der Waals surface area contributed by atoms with Gasteiger partial charge in [-0.15, -0.1) is 0 Å². The Kier molecular flexibility index (Phi) is 5.40. The SMILES string of the molecule is CCOc1ccc(N2CCCCn3c2nc2c3c(=O)n(CC(C)C)c(=O)n2C)cc1. The molecule has 0 saturated heterocycles. The summed E-state index contributed by atoms with van der Waals surface area (Å²) in [6.07, 6.45) is 1.93. The van der Waals surface area contributed by atoms with Crippen molar-refractivity contribution in [3.8, 4) is 5.75 Å². The number of aryl methyl sites for hydroxylation is 2. The average molecular weight is 412 g/mol. The van der Waals surface area contributed by atoms with E-state index in [1.54, 1.807) is 7.05 Å². The minimum atomic E-state index is -0.318. The Morgan fingerprint density at radius 2 is 1.80 bits per heavy atom. The summed E-state index contributed by atoms with van der Waals surface area (Å²) >= 11 is 0. The molecule has 0 N–H and O–H groups in total. The van der Waals surface area contributed by atoms with Crippen molar-refractivity contribution >= 4 is 22.8 Å². The van der Waals surface area contributed by atoms with E-state index in [9.17, 15) is 9.59 Å². The fraction of sp³-hybridized carbons (Fsp3) is 0.500. The Labute approximate surface area is 175 Å². The van der Waals surface area contributed by atoms with Crippen LogP contribution in [0.25, 0.3) is 11.2 Å². The number of ether oxygens (including phenoxy) is 1. The lowest BCUT2D eigenvalue weighted by molar-refractivity contribution is 0.340. The fourth-order valence-electron chi connectivity index (χ4n) is 4.08. The average Bonchev–Trinajstić information content (AvgIpc) is 2.98. The van der Waals surface area contributed by atoms with Gasteiger partial charge in [-0.2, -0.15) is 4.98 Å². The predicted octanol–water partition coefficient (Wildman–Crippen LogP) is 2.88. The second-order valence-electron chi connectivity index (χ2n) is 8.17. The summed E-state index contributed by atoms with van der Waals surface area (Å²) in [6, 6.07) is 7.91. The van der Waals surface area contributed by atoms with Crippen molar-refractivity contribution in [2.24, 2.45) is 13.0 Å². The summed E-state index contributed by atoms with van der Waals surface area (Å²) in [6.45, 7) is 8.47. The smallest absolute Gasteiger partial charge is 0.332 e. The molecular weight excluding hydrogens is 382 g/mol. The summed E-state index contributed by atoms with van der Waals surface area (Å²) in [5.41, 5.74) is 1.36. The van der Waals surface area contributed by atoms with Gasteiger partial charge in [0.25, 0.3) is 5.56 Å². The normalized spacial score (nSPS) is 14.2. The third-order valence-electron chi connectivity index (χ3n) is 5.47. The number of hydrogen-bond donors (Lipinski definition) is 0. The monoisotopic (exact) mass is 411 g/mol. The third-order valence-corrected chi connectivity index (χ3v) is 5.47. The maximum Gasteiger partial charge on any atom is 0.332 e. The van der Waals surface area contributed by atoms with Gasteiger partial charge < -0.3 is 14.2 Å². The molecule has 0 bridgehead atoms. The molecule has 3 heterocycles. The second kappa shape index (κ2) is 8.01. The molecule has 0 amide bonds. The lowest BCUT2D eigenvalue weighted by atomic mass is 10.2. The molecule has 0 radical (unpaired) electrons. The highest BCUT2D eigenvalue weighted by molar-refractivity contribution is 5.76. The zero-order valence-electron chi connectivity index (χ0n) is 18.1. The predicted molar refractivity (Wildman–Crippen MR) is 118 cm³/mol. The topological polar surface area (TPSA) is 74.3 Å². The van der Waals surface area contributed by atoms with Crippen LogP contribution in [0.15, 0.2) is 33.9 Å². The van der Waals surface area contributed by atoms with Gasteiger partial charge in [0, 0.05) is 32.4 Å². The molecule has 4 rings (SSSR count). The summed E-state index contributed by atoms with van der Waals surface area (Å²) in [5, 5.41) is 0. The molecule has 1 aliphatic rings. The maximum atomic E-state index is 13.3. The minimum Gasteiger partial charge on any atom is -0.494 e. The molecule has 160 valence electrons. The van der Waals surface area contributed by atoms with Crippen LogP contribution < -0.4 is 20.9 Å². The molecule has 1 aromatic carbocycles. The molecule has 1 aliphatic heterocycles. The van der Waals surface area contributed by atoms with Crippen LogP contribution in [0.5, 0.6) is 5.75 Å². The second-order valence-corrected chi connectivity index (χ2v) is 8.17. The van der Waals surface area contributed by atoms with Crippen LogP contribution >= 0.6 is 0 Å².